The van der Waals surface area contributed by atoms with Gasteiger partial charge in [0.1, 0.15) is 0 Å². The van der Waals surface area contributed by atoms with E-state index in [0.29, 0.717) is 11.8 Å². The Bertz CT molecular complexity index is 1120. The van der Waals surface area contributed by atoms with Gasteiger partial charge in [-0.05, 0) is 102 Å². The van der Waals surface area contributed by atoms with E-state index in [2.05, 4.69) is 58.5 Å². The maximum atomic E-state index is 12.6. The molecular weight excluding hydrogens is 508 g/mol. The van der Waals surface area contributed by atoms with Gasteiger partial charge in [-0.25, -0.2) is 0 Å². The molecule has 218 valence electrons. The van der Waals surface area contributed by atoms with Crippen molar-refractivity contribution in [1.82, 2.24) is 0 Å². The summed E-state index contributed by atoms with van der Waals surface area (Å²) in [6.45, 7) is 13.7. The molecule has 0 heterocycles. The highest BCUT2D eigenvalue weighted by molar-refractivity contribution is 6.98. The molecule has 5 rings (SSSR count). The minimum Gasteiger partial charge on any atom is -0.424 e. The molecule has 0 aliphatic heterocycles. The molecule has 3 N–H and O–H groups in total. The van der Waals surface area contributed by atoms with Crippen molar-refractivity contribution in [3.8, 4) is 0 Å². The van der Waals surface area contributed by atoms with E-state index in [1.807, 2.05) is 36.4 Å². The Kier molecular flexibility index (Phi) is 8.31. The minimum absolute atomic E-state index is 0.0284. The highest BCUT2D eigenvalue weighted by atomic mass is 28.4. The lowest BCUT2D eigenvalue weighted by molar-refractivity contribution is -0.120. The summed E-state index contributed by atoms with van der Waals surface area (Å²) in [6.07, 6.45) is 9.38. The van der Waals surface area contributed by atoms with Crippen LogP contribution in [0.5, 0.6) is 0 Å². The SMILES string of the molecule is C=C1CCC2[C@H](O)C([C@@]3(C)CC[C@H](O)C[C@@H]3CCCC(C)(C)[Si](O)(c3ccccc3)c3ccccc3)CC[C@]12C. The van der Waals surface area contributed by atoms with Gasteiger partial charge in [-0.1, -0.05) is 107 Å². The lowest BCUT2D eigenvalue weighted by Crippen LogP contribution is -2.65. The molecule has 0 spiro atoms. The van der Waals surface area contributed by atoms with Crippen molar-refractivity contribution >= 4 is 18.7 Å². The average Bonchev–Trinajstić information content (AvgIpc) is 3.26. The van der Waals surface area contributed by atoms with E-state index < -0.39 is 8.32 Å². The first-order chi connectivity index (χ1) is 18.9. The van der Waals surface area contributed by atoms with Gasteiger partial charge in [0.15, 0.2) is 0 Å². The fourth-order valence-electron chi connectivity index (χ4n) is 9.34. The summed E-state index contributed by atoms with van der Waals surface area (Å²) < 4.78 is 0. The Balaban J connectivity index is 1.35. The van der Waals surface area contributed by atoms with Gasteiger partial charge in [-0.3, -0.25) is 0 Å². The van der Waals surface area contributed by atoms with Crippen molar-refractivity contribution in [3.05, 3.63) is 72.8 Å². The third kappa shape index (κ3) is 4.97. The van der Waals surface area contributed by atoms with E-state index in [0.717, 1.165) is 74.6 Å². The van der Waals surface area contributed by atoms with Crippen molar-refractivity contribution in [2.45, 2.75) is 109 Å². The average molecular weight is 561 g/mol. The molecule has 0 amide bonds. The largest absolute Gasteiger partial charge is 0.424 e. The van der Waals surface area contributed by atoms with E-state index >= 15 is 0 Å². The van der Waals surface area contributed by atoms with Gasteiger partial charge in [-0.2, -0.15) is 0 Å². The number of allylic oxidation sites excluding steroid dienone is 1. The first-order valence-corrected chi connectivity index (χ1v) is 17.8. The number of hydrogen-bond acceptors (Lipinski definition) is 3. The van der Waals surface area contributed by atoms with Crippen LogP contribution >= 0.6 is 0 Å². The first kappa shape index (κ1) is 29.8. The molecule has 3 aliphatic carbocycles. The highest BCUT2D eigenvalue weighted by Crippen LogP contribution is 2.61. The Labute approximate surface area is 243 Å². The topological polar surface area (TPSA) is 60.7 Å². The fraction of sp³-hybridized carbons (Fsp3) is 0.611. The van der Waals surface area contributed by atoms with Gasteiger partial charge in [0.2, 0.25) is 0 Å². The van der Waals surface area contributed by atoms with E-state index in [1.54, 1.807) is 0 Å². The van der Waals surface area contributed by atoms with Crippen molar-refractivity contribution in [2.24, 2.45) is 28.6 Å². The quantitative estimate of drug-likeness (QED) is 0.252. The monoisotopic (exact) mass is 560 g/mol. The number of rotatable bonds is 8. The van der Waals surface area contributed by atoms with Crippen LogP contribution < -0.4 is 10.4 Å². The lowest BCUT2D eigenvalue weighted by Gasteiger charge is -2.55. The molecular formula is C36H52O3Si. The standard InChI is InChI=1S/C36H52O3Si/c1-26-18-19-31-33(38)32(21-24-35(26,31)4)36(5)23-20-28(37)25-27(36)13-12-22-34(2,3)40(39,29-14-8-6-9-15-29)30-16-10-7-11-17-30/h6-11,14-17,27-28,31-33,37-39H,1,12-13,18-25H2,2-5H3/t27-,28-,31?,32?,33-,35+,36-/m0/s1. The van der Waals surface area contributed by atoms with Crippen LogP contribution in [0.1, 0.15) is 91.9 Å². The fourth-order valence-corrected chi connectivity index (χ4v) is 13.1. The molecule has 3 saturated carbocycles. The summed E-state index contributed by atoms with van der Waals surface area (Å²) in [5, 5.41) is 24.4. The van der Waals surface area contributed by atoms with Gasteiger partial charge >= 0.3 is 0 Å². The second kappa shape index (κ2) is 11.2. The molecule has 7 atom stereocenters. The highest BCUT2D eigenvalue weighted by Gasteiger charge is 2.56. The van der Waals surface area contributed by atoms with Gasteiger partial charge in [-0.15, -0.1) is 0 Å². The van der Waals surface area contributed by atoms with Gasteiger partial charge in [0.05, 0.1) is 12.2 Å². The Morgan fingerprint density at radius 3 is 2.08 bits per heavy atom. The van der Waals surface area contributed by atoms with Gasteiger partial charge < -0.3 is 15.0 Å². The van der Waals surface area contributed by atoms with Crippen LogP contribution in [0.3, 0.4) is 0 Å². The Morgan fingerprint density at radius 2 is 1.48 bits per heavy atom. The minimum atomic E-state index is -3.04. The second-order valence-electron chi connectivity index (χ2n) is 14.7. The summed E-state index contributed by atoms with van der Waals surface area (Å²) in [7, 11) is -3.04. The molecule has 0 bridgehead atoms. The van der Waals surface area contributed by atoms with E-state index in [-0.39, 0.29) is 34.0 Å². The second-order valence-corrected chi connectivity index (χ2v) is 18.6. The molecule has 3 aliphatic rings. The molecule has 2 aromatic rings. The predicted octanol–water partition coefficient (Wildman–Crippen LogP) is 6.60. The van der Waals surface area contributed by atoms with Crippen LogP contribution in [-0.4, -0.2) is 35.5 Å². The number of benzene rings is 2. The normalized spacial score (nSPS) is 35.0. The molecule has 0 aromatic heterocycles. The van der Waals surface area contributed by atoms with Gasteiger partial charge in [0, 0.05) is 0 Å². The van der Waals surface area contributed by atoms with E-state index in [4.69, 9.17) is 0 Å². The molecule has 40 heavy (non-hydrogen) atoms. The summed E-state index contributed by atoms with van der Waals surface area (Å²) in [4.78, 5) is 12.6. The zero-order chi connectivity index (χ0) is 28.8. The van der Waals surface area contributed by atoms with Crippen LogP contribution in [0.4, 0.5) is 0 Å². The zero-order valence-corrected chi connectivity index (χ0v) is 26.3. The number of aliphatic hydroxyl groups excluding tert-OH is 2. The van der Waals surface area contributed by atoms with Crippen molar-refractivity contribution in [2.75, 3.05) is 0 Å². The zero-order valence-electron chi connectivity index (χ0n) is 25.3. The van der Waals surface area contributed by atoms with Crippen LogP contribution in [-0.2, 0) is 0 Å². The first-order valence-electron chi connectivity index (χ1n) is 15.8. The van der Waals surface area contributed by atoms with Gasteiger partial charge in [0.25, 0.3) is 8.32 Å². The van der Waals surface area contributed by atoms with Crippen molar-refractivity contribution < 1.29 is 15.0 Å². The Hall–Kier alpha value is -1.72. The molecule has 3 fully saturated rings. The maximum absolute atomic E-state index is 12.6. The predicted molar refractivity (Wildman–Crippen MR) is 168 cm³/mol. The molecule has 0 saturated heterocycles. The third-order valence-corrected chi connectivity index (χ3v) is 16.8. The molecule has 3 nitrogen and oxygen atoms in total. The van der Waals surface area contributed by atoms with Crippen molar-refractivity contribution in [3.63, 3.8) is 0 Å². The number of fused-ring (bicyclic) bond motifs is 1. The summed E-state index contributed by atoms with van der Waals surface area (Å²) in [5.41, 5.74) is 1.45. The van der Waals surface area contributed by atoms with Crippen LogP contribution in [0.25, 0.3) is 0 Å². The van der Waals surface area contributed by atoms with E-state index in [9.17, 15) is 15.0 Å². The van der Waals surface area contributed by atoms with Crippen molar-refractivity contribution in [1.29, 1.82) is 0 Å². The maximum Gasteiger partial charge on any atom is 0.258 e. The molecule has 2 unspecified atom stereocenters. The summed E-state index contributed by atoms with van der Waals surface area (Å²) in [5.74, 6) is 0.977. The molecule has 2 aromatic carbocycles. The van der Waals surface area contributed by atoms with Crippen LogP contribution in [0, 0.1) is 28.6 Å². The number of aliphatic hydroxyl groups is 2. The smallest absolute Gasteiger partial charge is 0.258 e. The lowest BCUT2D eigenvalue weighted by atomic mass is 9.51. The third-order valence-electron chi connectivity index (χ3n) is 12.3. The number of hydrogen-bond donors (Lipinski definition) is 3. The summed E-state index contributed by atoms with van der Waals surface area (Å²) >= 11 is 0. The molecule has 0 radical (unpaired) electrons. The summed E-state index contributed by atoms with van der Waals surface area (Å²) in [6, 6.07) is 20.6. The van der Waals surface area contributed by atoms with E-state index in [1.165, 1.54) is 5.57 Å². The molecule has 4 heteroatoms. The Morgan fingerprint density at radius 1 is 0.875 bits per heavy atom. The van der Waals surface area contributed by atoms with Crippen LogP contribution in [0.2, 0.25) is 5.04 Å². The van der Waals surface area contributed by atoms with Crippen LogP contribution in [0.15, 0.2) is 72.8 Å².